The highest BCUT2D eigenvalue weighted by Gasteiger charge is 2.39. The van der Waals surface area contributed by atoms with Gasteiger partial charge in [0.15, 0.2) is 19.0 Å². The van der Waals surface area contributed by atoms with Crippen LogP contribution in [-0.4, -0.2) is 163 Å². The normalized spacial score (nSPS) is 13.5. The fourth-order valence-electron chi connectivity index (χ4n) is 11.2. The van der Waals surface area contributed by atoms with Gasteiger partial charge in [-0.05, 0) is 85.3 Å². The van der Waals surface area contributed by atoms with Gasteiger partial charge in [0, 0.05) is 106 Å². The number of benzene rings is 7. The summed E-state index contributed by atoms with van der Waals surface area (Å²) in [5.74, 6) is -3.08. The van der Waals surface area contributed by atoms with Crippen LogP contribution in [-0.2, 0) is 24.0 Å². The molecule has 23 heteroatoms. The third-order valence-corrected chi connectivity index (χ3v) is 15.8. The molecule has 0 radical (unpaired) electrons. The first-order chi connectivity index (χ1) is 43.8. The zero-order chi connectivity index (χ0) is 64.5. The van der Waals surface area contributed by atoms with Gasteiger partial charge in [-0.1, -0.05) is 42.5 Å². The zero-order valence-electron chi connectivity index (χ0n) is 51.0. The van der Waals surface area contributed by atoms with Gasteiger partial charge in [0.2, 0.25) is 17.2 Å². The monoisotopic (exact) mass is 1240 g/mol. The lowest BCUT2D eigenvalue weighted by Gasteiger charge is -2.40. The van der Waals surface area contributed by atoms with E-state index in [0.717, 1.165) is 16.7 Å². The predicted molar refractivity (Wildman–Crippen MR) is 346 cm³/mol. The van der Waals surface area contributed by atoms with E-state index in [1.165, 1.54) is 4.90 Å². The minimum absolute atomic E-state index is 0.0343. The van der Waals surface area contributed by atoms with Crippen molar-refractivity contribution in [2.45, 2.75) is 6.92 Å². The average molecular weight is 1240 g/mol. The Labute approximate surface area is 524 Å². The van der Waals surface area contributed by atoms with Crippen LogP contribution < -0.4 is 64.0 Å². The van der Waals surface area contributed by atoms with Gasteiger partial charge < -0.3 is 78.9 Å². The van der Waals surface area contributed by atoms with E-state index < -0.39 is 29.8 Å². The van der Waals surface area contributed by atoms with Crippen LogP contribution in [0.1, 0.15) is 17.3 Å². The molecule has 1 aliphatic carbocycles. The van der Waals surface area contributed by atoms with Crippen molar-refractivity contribution in [3.05, 3.63) is 157 Å². The van der Waals surface area contributed by atoms with Gasteiger partial charge in [-0.2, -0.15) is 0 Å². The SMILES string of the molecule is CCN(CC(=O)O)c1ccccc1OCCOc1cc(NC(=O)C2C[N+](=c3ccc4c(-c5ccccc5C(=O)O)c5ccc(N6CC(C(=O)Nc7ccc(N(C)CC(=O)O)c(OCCOc8ccccc8N(C)C)c7)C6)cc5oc-4c3)C2)ccc1N(C)CC(=O)O. The second-order valence-corrected chi connectivity index (χ2v) is 22.4. The predicted octanol–water partition coefficient (Wildman–Crippen LogP) is 7.95. The van der Waals surface area contributed by atoms with Crippen LogP contribution in [0.2, 0.25) is 0 Å². The number of para-hydroxylation sites is 4. The maximum atomic E-state index is 13.9. The van der Waals surface area contributed by atoms with Gasteiger partial charge in [-0.3, -0.25) is 24.0 Å². The fourth-order valence-corrected chi connectivity index (χ4v) is 11.2. The second kappa shape index (κ2) is 28.0. The Balaban J connectivity index is 0.833. The van der Waals surface area contributed by atoms with E-state index in [1.54, 1.807) is 109 Å². The van der Waals surface area contributed by atoms with Crippen LogP contribution in [0.15, 0.2) is 150 Å². The third-order valence-electron chi connectivity index (χ3n) is 15.8. The molecule has 472 valence electrons. The molecule has 2 amide bonds. The zero-order valence-corrected chi connectivity index (χ0v) is 51.0. The Hall–Kier alpha value is -11.0. The van der Waals surface area contributed by atoms with Crippen LogP contribution in [0.3, 0.4) is 0 Å². The summed E-state index contributed by atoms with van der Waals surface area (Å²) in [5, 5.41) is 46.5. The van der Waals surface area contributed by atoms with Crippen molar-refractivity contribution < 1.29 is 72.6 Å². The Morgan fingerprint density at radius 2 is 1.08 bits per heavy atom. The number of nitrogens with one attached hydrogen (secondary N) is 2. The Morgan fingerprint density at radius 1 is 0.549 bits per heavy atom. The molecule has 0 atom stereocenters. The molecule has 2 saturated heterocycles. The Morgan fingerprint density at radius 3 is 1.64 bits per heavy atom. The average Bonchev–Trinajstić information content (AvgIpc) is 0.748. The minimum atomic E-state index is -1.09. The maximum Gasteiger partial charge on any atom is 0.336 e. The van der Waals surface area contributed by atoms with Crippen LogP contribution in [0, 0.1) is 11.8 Å². The number of carboxylic acid groups (broad SMARTS) is 4. The molecular formula is C68H71N8O15+. The van der Waals surface area contributed by atoms with Gasteiger partial charge in [0.25, 0.3) is 0 Å². The highest BCUT2D eigenvalue weighted by molar-refractivity contribution is 6.08. The fraction of sp³-hybridized carbons (Fsp3) is 0.279. The molecule has 3 aliphatic heterocycles. The van der Waals surface area contributed by atoms with Crippen molar-refractivity contribution in [1.29, 1.82) is 0 Å². The molecule has 6 aromatic carbocycles. The standard InChI is InChI=1S/C68H70N8O15/c1-6-74(41-64(81)82)55-16-10-12-18-57(55)88-28-30-90-61-32-45(20-26-54(61)73(5)40-63(79)80)70-67(84)43-37-76(38-43)47-22-24-51-59(34-47)91-58-33-46(21-23-50(58)65(51)48-13-7-8-14-49(48)68(85)86)75-35-42(36-75)66(83)69-44-19-25-53(72(4)39-62(77)78)60(31-44)89-29-27-87-56-17-11-9-15-52(56)71(2)3/h7-26,31-34,42-43H,6,27-30,35-41H2,1-5H3,(H5-,69,70,77,78,79,80,81,82,83,84,85,86)/p+1. The van der Waals surface area contributed by atoms with E-state index in [2.05, 4.69) is 15.5 Å². The number of hydrogen-bond acceptors (Lipinski definition) is 16. The molecule has 0 spiro atoms. The van der Waals surface area contributed by atoms with E-state index in [4.69, 9.17) is 23.4 Å². The number of nitrogens with zero attached hydrogens (tertiary/aromatic N) is 6. The van der Waals surface area contributed by atoms with Crippen molar-refractivity contribution in [3.63, 3.8) is 0 Å². The molecule has 91 heavy (non-hydrogen) atoms. The molecule has 23 nitrogen and oxygen atoms in total. The number of likely N-dealkylation sites (N-methyl/N-ethyl adjacent to an activating group) is 3. The van der Waals surface area contributed by atoms with Crippen molar-refractivity contribution in [1.82, 2.24) is 4.58 Å². The number of carbonyl (C=O) groups is 6. The number of carbonyl (C=O) groups excluding carboxylic acids is 2. The Bertz CT molecular complexity index is 4080. The molecule has 6 aromatic rings. The lowest BCUT2D eigenvalue weighted by molar-refractivity contribution is -0.136. The second-order valence-electron chi connectivity index (χ2n) is 22.4. The summed E-state index contributed by atoms with van der Waals surface area (Å²) in [6.45, 7) is 3.43. The quantitative estimate of drug-likeness (QED) is 0.0154. The lowest BCUT2D eigenvalue weighted by atomic mass is 9.90. The van der Waals surface area contributed by atoms with Crippen molar-refractivity contribution in [3.8, 4) is 45.4 Å². The highest BCUT2D eigenvalue weighted by atomic mass is 16.5. The van der Waals surface area contributed by atoms with E-state index in [-0.39, 0.29) is 69.4 Å². The molecule has 0 unspecified atom stereocenters. The van der Waals surface area contributed by atoms with Crippen molar-refractivity contribution in [2.75, 3.05) is 142 Å². The summed E-state index contributed by atoms with van der Waals surface area (Å²) in [6.07, 6.45) is 0. The molecule has 6 N–H and O–H groups in total. The van der Waals surface area contributed by atoms with Gasteiger partial charge in [0.05, 0.1) is 40.3 Å². The number of aromatic carboxylic acids is 1. The van der Waals surface area contributed by atoms with Gasteiger partial charge >= 0.3 is 23.9 Å². The molecule has 2 fully saturated rings. The number of amides is 2. The molecule has 10 rings (SSSR count). The number of aliphatic carboxylic acids is 3. The van der Waals surface area contributed by atoms with E-state index >= 15 is 0 Å². The molecule has 0 saturated carbocycles. The van der Waals surface area contributed by atoms with Gasteiger partial charge in [0.1, 0.15) is 80.4 Å². The molecule has 0 aromatic heterocycles. The molecule has 4 aliphatic rings. The van der Waals surface area contributed by atoms with Crippen LogP contribution in [0.25, 0.3) is 33.4 Å². The Kier molecular flexibility index (Phi) is 19.4. The third kappa shape index (κ3) is 14.8. The largest absolute Gasteiger partial charge is 0.488 e. The minimum Gasteiger partial charge on any atom is -0.488 e. The highest BCUT2D eigenvalue weighted by Crippen LogP contribution is 2.43. The molecular weight excluding hydrogens is 1170 g/mol. The number of carboxylic acids is 4. The first-order valence-corrected chi connectivity index (χ1v) is 29.6. The van der Waals surface area contributed by atoms with E-state index in [0.29, 0.717) is 118 Å². The number of hydrogen-bond donors (Lipinski definition) is 6. The maximum absolute atomic E-state index is 13.9. The molecule has 0 bridgehead atoms. The number of ether oxygens (including phenoxy) is 4. The van der Waals surface area contributed by atoms with Crippen molar-refractivity contribution in [2.24, 2.45) is 11.8 Å². The van der Waals surface area contributed by atoms with Crippen LogP contribution >= 0.6 is 0 Å². The summed E-state index contributed by atoms with van der Waals surface area (Å²) >= 11 is 0. The van der Waals surface area contributed by atoms with E-state index in [9.17, 15) is 49.2 Å². The topological polar surface area (TPSA) is 277 Å². The first kappa shape index (κ1) is 63.1. The van der Waals surface area contributed by atoms with Crippen molar-refractivity contribution >= 4 is 86.5 Å². The first-order valence-electron chi connectivity index (χ1n) is 29.6. The summed E-state index contributed by atoms with van der Waals surface area (Å²) < 4.78 is 33.2. The lowest BCUT2D eigenvalue weighted by Crippen LogP contribution is -2.53. The van der Waals surface area contributed by atoms with Crippen LogP contribution in [0.4, 0.5) is 39.8 Å². The summed E-state index contributed by atoms with van der Waals surface area (Å²) in [6, 6.07) is 43.0. The van der Waals surface area contributed by atoms with Gasteiger partial charge in [-0.25, -0.2) is 9.37 Å². The smallest absolute Gasteiger partial charge is 0.336 e. The van der Waals surface area contributed by atoms with Crippen LogP contribution in [0.5, 0.6) is 23.0 Å². The number of fused-ring (bicyclic) bond motifs is 2. The number of anilines is 7. The molecule has 3 heterocycles. The van der Waals surface area contributed by atoms with Gasteiger partial charge in [-0.15, -0.1) is 0 Å². The summed E-state index contributed by atoms with van der Waals surface area (Å²) in [7, 11) is 7.11. The summed E-state index contributed by atoms with van der Waals surface area (Å²) in [4.78, 5) is 84.1. The van der Waals surface area contributed by atoms with E-state index in [1.807, 2.05) is 91.2 Å². The summed E-state index contributed by atoms with van der Waals surface area (Å²) in [5.41, 5.74) is 6.63. The number of rotatable bonds is 28.